The summed E-state index contributed by atoms with van der Waals surface area (Å²) in [6, 6.07) is 8.03. The number of alkyl halides is 5. The van der Waals surface area contributed by atoms with Crippen molar-refractivity contribution < 1.29 is 39.9 Å². The molecule has 0 heterocycles. The number of carbonyl (C=O) groups excluding carboxylic acids is 1. The van der Waals surface area contributed by atoms with Crippen molar-refractivity contribution in [2.24, 2.45) is 0 Å². The zero-order chi connectivity index (χ0) is 23.2. The lowest BCUT2D eigenvalue weighted by atomic mass is 10.2. The third-order valence-corrected chi connectivity index (χ3v) is 5.46. The van der Waals surface area contributed by atoms with E-state index in [4.69, 9.17) is 4.74 Å². The number of sulfonamides is 1. The minimum atomic E-state index is -4.64. The summed E-state index contributed by atoms with van der Waals surface area (Å²) in [5, 5.41) is 0. The lowest BCUT2D eigenvalue weighted by Crippen LogP contribution is -2.37. The van der Waals surface area contributed by atoms with E-state index in [1.807, 2.05) is 4.72 Å². The summed E-state index contributed by atoms with van der Waals surface area (Å²) in [6.07, 6.45) is -7.41. The van der Waals surface area contributed by atoms with Gasteiger partial charge in [-0.05, 0) is 42.5 Å². The van der Waals surface area contributed by atoms with Crippen molar-refractivity contribution in [3.8, 4) is 0 Å². The standard InChI is InChI=1S/C19H19F5N2O4S/c1-30-10-9-26(12-17(20)21)18(27)13-5-7-16(8-6-13)31(28,29)25-15-4-2-3-14(11-15)19(22,23)24/h2-8,11,17,25H,9-10,12H2,1H3. The number of benzene rings is 2. The number of nitrogens with one attached hydrogen (secondary N) is 1. The van der Waals surface area contributed by atoms with Gasteiger partial charge in [-0.2, -0.15) is 13.2 Å². The summed E-state index contributed by atoms with van der Waals surface area (Å²) < 4.78 is 95.6. The first kappa shape index (κ1) is 24.5. The van der Waals surface area contributed by atoms with Crippen molar-refractivity contribution >= 4 is 21.6 Å². The van der Waals surface area contributed by atoms with Crippen LogP contribution in [0.25, 0.3) is 0 Å². The first-order chi connectivity index (χ1) is 14.4. The quantitative estimate of drug-likeness (QED) is 0.570. The largest absolute Gasteiger partial charge is 0.416 e. The number of ether oxygens (including phenoxy) is 1. The topological polar surface area (TPSA) is 75.7 Å². The van der Waals surface area contributed by atoms with Crippen LogP contribution in [0.4, 0.5) is 27.6 Å². The molecule has 0 atom stereocenters. The Hall–Kier alpha value is -2.73. The van der Waals surface area contributed by atoms with Crippen molar-refractivity contribution in [1.82, 2.24) is 4.90 Å². The van der Waals surface area contributed by atoms with Crippen LogP contribution in [0.2, 0.25) is 0 Å². The summed E-state index contributed by atoms with van der Waals surface area (Å²) in [4.78, 5) is 13.0. The molecule has 2 rings (SSSR count). The fourth-order valence-electron chi connectivity index (χ4n) is 2.58. The maximum absolute atomic E-state index is 12.8. The molecule has 1 N–H and O–H groups in total. The molecule has 6 nitrogen and oxygen atoms in total. The number of methoxy groups -OCH3 is 1. The highest BCUT2D eigenvalue weighted by molar-refractivity contribution is 7.92. The van der Waals surface area contributed by atoms with E-state index in [1.54, 1.807) is 0 Å². The highest BCUT2D eigenvalue weighted by Crippen LogP contribution is 2.31. The molecule has 0 aliphatic carbocycles. The van der Waals surface area contributed by atoms with Gasteiger partial charge in [-0.15, -0.1) is 0 Å². The number of amides is 1. The first-order valence-electron chi connectivity index (χ1n) is 8.80. The summed E-state index contributed by atoms with van der Waals surface area (Å²) in [5.41, 5.74) is -1.35. The molecule has 0 aliphatic rings. The van der Waals surface area contributed by atoms with Gasteiger partial charge in [-0.1, -0.05) is 6.07 Å². The maximum atomic E-state index is 12.8. The lowest BCUT2D eigenvalue weighted by Gasteiger charge is -2.22. The summed E-state index contributed by atoms with van der Waals surface area (Å²) >= 11 is 0. The molecule has 31 heavy (non-hydrogen) atoms. The number of carbonyl (C=O) groups is 1. The van der Waals surface area contributed by atoms with Crippen LogP contribution in [0, 0.1) is 0 Å². The Balaban J connectivity index is 2.20. The molecule has 12 heteroatoms. The number of hydrogen-bond acceptors (Lipinski definition) is 4. The smallest absolute Gasteiger partial charge is 0.383 e. The zero-order valence-electron chi connectivity index (χ0n) is 16.2. The Morgan fingerprint density at radius 3 is 2.32 bits per heavy atom. The van der Waals surface area contributed by atoms with Crippen molar-refractivity contribution in [2.75, 3.05) is 31.5 Å². The van der Waals surface area contributed by atoms with Gasteiger partial charge in [0.15, 0.2) is 0 Å². The SMILES string of the molecule is COCCN(CC(F)F)C(=O)c1ccc(S(=O)(=O)Nc2cccc(C(F)(F)F)c2)cc1. The number of halogens is 5. The highest BCUT2D eigenvalue weighted by atomic mass is 32.2. The van der Waals surface area contributed by atoms with E-state index in [2.05, 4.69) is 0 Å². The second-order valence-electron chi connectivity index (χ2n) is 6.34. The van der Waals surface area contributed by atoms with Gasteiger partial charge in [0.2, 0.25) is 0 Å². The van der Waals surface area contributed by atoms with Gasteiger partial charge in [-0.25, -0.2) is 17.2 Å². The Bertz CT molecular complexity index is 995. The third kappa shape index (κ3) is 6.89. The van der Waals surface area contributed by atoms with Gasteiger partial charge in [0.1, 0.15) is 0 Å². The van der Waals surface area contributed by atoms with E-state index >= 15 is 0 Å². The first-order valence-corrected chi connectivity index (χ1v) is 10.3. The number of anilines is 1. The molecule has 0 aromatic heterocycles. The minimum Gasteiger partial charge on any atom is -0.383 e. The molecule has 0 saturated heterocycles. The number of hydrogen-bond donors (Lipinski definition) is 1. The Labute approximate surface area is 175 Å². The molecule has 0 fully saturated rings. The molecule has 0 saturated carbocycles. The average molecular weight is 466 g/mol. The van der Waals surface area contributed by atoms with Gasteiger partial charge in [0, 0.05) is 24.9 Å². The average Bonchev–Trinajstić information content (AvgIpc) is 2.69. The van der Waals surface area contributed by atoms with Crippen LogP contribution in [-0.2, 0) is 20.9 Å². The van der Waals surface area contributed by atoms with E-state index in [-0.39, 0.29) is 29.3 Å². The third-order valence-electron chi connectivity index (χ3n) is 4.06. The predicted octanol–water partition coefficient (Wildman–Crippen LogP) is 3.86. The Morgan fingerprint density at radius 2 is 1.77 bits per heavy atom. The minimum absolute atomic E-state index is 0.0326. The van der Waals surface area contributed by atoms with E-state index in [0.29, 0.717) is 6.07 Å². The van der Waals surface area contributed by atoms with E-state index in [1.165, 1.54) is 7.11 Å². The van der Waals surface area contributed by atoms with Crippen LogP contribution in [0.3, 0.4) is 0 Å². The zero-order valence-corrected chi connectivity index (χ0v) is 17.0. The predicted molar refractivity (Wildman–Crippen MR) is 102 cm³/mol. The van der Waals surface area contributed by atoms with Gasteiger partial charge < -0.3 is 9.64 Å². The molecular weight excluding hydrogens is 447 g/mol. The molecule has 0 spiro atoms. The fourth-order valence-corrected chi connectivity index (χ4v) is 3.63. The normalized spacial score (nSPS) is 12.1. The van der Waals surface area contributed by atoms with E-state index in [9.17, 15) is 35.2 Å². The van der Waals surface area contributed by atoms with Crippen LogP contribution >= 0.6 is 0 Å². The molecule has 0 unspecified atom stereocenters. The van der Waals surface area contributed by atoms with Crippen LogP contribution in [-0.4, -0.2) is 52.5 Å². The van der Waals surface area contributed by atoms with Gasteiger partial charge in [-0.3, -0.25) is 9.52 Å². The Morgan fingerprint density at radius 1 is 1.13 bits per heavy atom. The van der Waals surface area contributed by atoms with Crippen molar-refractivity contribution in [2.45, 2.75) is 17.5 Å². The second kappa shape index (κ2) is 10.1. The fraction of sp³-hybridized carbons (Fsp3) is 0.316. The lowest BCUT2D eigenvalue weighted by molar-refractivity contribution is -0.137. The van der Waals surface area contributed by atoms with Gasteiger partial charge in [0.05, 0.1) is 23.6 Å². The van der Waals surface area contributed by atoms with E-state index in [0.717, 1.165) is 47.4 Å². The number of nitrogens with zero attached hydrogens (tertiary/aromatic N) is 1. The van der Waals surface area contributed by atoms with Gasteiger partial charge in [0.25, 0.3) is 22.4 Å². The Kier molecular flexibility index (Phi) is 7.96. The van der Waals surface area contributed by atoms with Crippen LogP contribution < -0.4 is 4.72 Å². The molecule has 170 valence electrons. The van der Waals surface area contributed by atoms with Crippen LogP contribution in [0.1, 0.15) is 15.9 Å². The van der Waals surface area contributed by atoms with Crippen LogP contribution in [0.15, 0.2) is 53.4 Å². The molecule has 0 radical (unpaired) electrons. The maximum Gasteiger partial charge on any atom is 0.416 e. The molecule has 2 aromatic carbocycles. The van der Waals surface area contributed by atoms with Crippen molar-refractivity contribution in [3.05, 3.63) is 59.7 Å². The van der Waals surface area contributed by atoms with Gasteiger partial charge >= 0.3 is 6.18 Å². The second-order valence-corrected chi connectivity index (χ2v) is 8.03. The summed E-state index contributed by atoms with van der Waals surface area (Å²) in [7, 11) is -2.90. The number of rotatable bonds is 9. The molecule has 0 bridgehead atoms. The molecular formula is C19H19F5N2O4S. The summed E-state index contributed by atoms with van der Waals surface area (Å²) in [6.45, 7) is -0.873. The van der Waals surface area contributed by atoms with E-state index < -0.39 is 40.6 Å². The van der Waals surface area contributed by atoms with Crippen LogP contribution in [0.5, 0.6) is 0 Å². The monoisotopic (exact) mass is 466 g/mol. The molecule has 0 aliphatic heterocycles. The van der Waals surface area contributed by atoms with Crippen molar-refractivity contribution in [3.63, 3.8) is 0 Å². The molecule has 1 amide bonds. The van der Waals surface area contributed by atoms with Crippen molar-refractivity contribution in [1.29, 1.82) is 0 Å². The highest BCUT2D eigenvalue weighted by Gasteiger charge is 2.30. The molecule has 2 aromatic rings. The summed E-state index contributed by atoms with van der Waals surface area (Å²) in [5.74, 6) is -0.743.